The molecule has 0 atom stereocenters. The van der Waals surface area contributed by atoms with Crippen molar-refractivity contribution in [2.75, 3.05) is 24.0 Å². The Hall–Kier alpha value is -2.50. The van der Waals surface area contributed by atoms with Crippen molar-refractivity contribution < 1.29 is 9.47 Å². The van der Waals surface area contributed by atoms with Gasteiger partial charge in [-0.15, -0.1) is 0 Å². The van der Waals surface area contributed by atoms with Gasteiger partial charge in [-0.2, -0.15) is 4.98 Å². The van der Waals surface area contributed by atoms with E-state index < -0.39 is 0 Å². The summed E-state index contributed by atoms with van der Waals surface area (Å²) < 4.78 is 10.6. The van der Waals surface area contributed by atoms with Gasteiger partial charge in [0.05, 0.1) is 0 Å². The fraction of sp³-hybridized carbons (Fsp3) is 0.231. The summed E-state index contributed by atoms with van der Waals surface area (Å²) in [6, 6.07) is 7.49. The fourth-order valence-corrected chi connectivity index (χ4v) is 1.79. The standard InChI is InChI=1S/C13H14N4O2/c1-2-14-13-15-6-5-12(17-13)16-9-3-4-10-11(7-9)19-8-18-10/h3-7H,2,8H2,1H3,(H2,14,15,16,17). The predicted octanol–water partition coefficient (Wildman–Crippen LogP) is 2.38. The smallest absolute Gasteiger partial charge is 0.231 e. The number of hydrogen-bond donors (Lipinski definition) is 2. The summed E-state index contributed by atoms with van der Waals surface area (Å²) in [7, 11) is 0. The van der Waals surface area contributed by atoms with Crippen molar-refractivity contribution in [1.29, 1.82) is 0 Å². The van der Waals surface area contributed by atoms with E-state index >= 15 is 0 Å². The van der Waals surface area contributed by atoms with Crippen molar-refractivity contribution in [3.8, 4) is 11.5 Å². The van der Waals surface area contributed by atoms with Crippen LogP contribution in [0.4, 0.5) is 17.5 Å². The van der Waals surface area contributed by atoms with Gasteiger partial charge in [0.15, 0.2) is 11.5 Å². The molecule has 2 aromatic rings. The summed E-state index contributed by atoms with van der Waals surface area (Å²) in [4.78, 5) is 8.47. The highest BCUT2D eigenvalue weighted by molar-refractivity contribution is 5.62. The summed E-state index contributed by atoms with van der Waals surface area (Å²) >= 11 is 0. The first kappa shape index (κ1) is 11.6. The second-order valence-electron chi connectivity index (χ2n) is 3.99. The SMILES string of the molecule is CCNc1nccc(Nc2ccc3c(c2)OCO3)n1. The van der Waals surface area contributed by atoms with Crippen molar-refractivity contribution in [1.82, 2.24) is 9.97 Å². The monoisotopic (exact) mass is 258 g/mol. The first-order valence-corrected chi connectivity index (χ1v) is 6.09. The maximum atomic E-state index is 5.33. The molecule has 0 spiro atoms. The third kappa shape index (κ3) is 2.52. The van der Waals surface area contributed by atoms with Crippen LogP contribution in [-0.4, -0.2) is 23.3 Å². The largest absolute Gasteiger partial charge is 0.454 e. The molecule has 0 amide bonds. The highest BCUT2D eigenvalue weighted by atomic mass is 16.7. The van der Waals surface area contributed by atoms with Crippen molar-refractivity contribution in [2.45, 2.75) is 6.92 Å². The Morgan fingerprint density at radius 2 is 2.11 bits per heavy atom. The Kier molecular flexibility index (Phi) is 3.06. The van der Waals surface area contributed by atoms with Gasteiger partial charge in [0.25, 0.3) is 0 Å². The average Bonchev–Trinajstić information content (AvgIpc) is 2.87. The molecule has 0 radical (unpaired) electrons. The minimum Gasteiger partial charge on any atom is -0.454 e. The molecule has 98 valence electrons. The molecule has 6 nitrogen and oxygen atoms in total. The van der Waals surface area contributed by atoms with E-state index in [4.69, 9.17) is 9.47 Å². The van der Waals surface area contributed by atoms with Gasteiger partial charge in [0.2, 0.25) is 12.7 Å². The Morgan fingerprint density at radius 3 is 3.00 bits per heavy atom. The van der Waals surface area contributed by atoms with Gasteiger partial charge in [0, 0.05) is 24.5 Å². The van der Waals surface area contributed by atoms with E-state index in [2.05, 4.69) is 20.6 Å². The molecule has 0 fully saturated rings. The second-order valence-corrected chi connectivity index (χ2v) is 3.99. The molecular weight excluding hydrogens is 244 g/mol. The number of fused-ring (bicyclic) bond motifs is 1. The van der Waals surface area contributed by atoms with Crippen molar-refractivity contribution in [3.05, 3.63) is 30.5 Å². The molecule has 0 aliphatic carbocycles. The van der Waals surface area contributed by atoms with E-state index in [0.29, 0.717) is 5.95 Å². The van der Waals surface area contributed by atoms with E-state index in [-0.39, 0.29) is 6.79 Å². The number of anilines is 3. The van der Waals surface area contributed by atoms with Crippen LogP contribution in [0.15, 0.2) is 30.5 Å². The molecule has 2 N–H and O–H groups in total. The lowest BCUT2D eigenvalue weighted by Gasteiger charge is -2.08. The molecule has 3 rings (SSSR count). The number of aromatic nitrogens is 2. The summed E-state index contributed by atoms with van der Waals surface area (Å²) in [6.45, 7) is 3.06. The number of nitrogens with one attached hydrogen (secondary N) is 2. The molecule has 1 aliphatic rings. The third-order valence-electron chi connectivity index (χ3n) is 2.64. The second kappa shape index (κ2) is 5.01. The highest BCUT2D eigenvalue weighted by Crippen LogP contribution is 2.34. The van der Waals surface area contributed by atoms with Crippen LogP contribution in [0.5, 0.6) is 11.5 Å². The lowest BCUT2D eigenvalue weighted by atomic mass is 10.3. The van der Waals surface area contributed by atoms with Crippen LogP contribution in [0, 0.1) is 0 Å². The van der Waals surface area contributed by atoms with Gasteiger partial charge >= 0.3 is 0 Å². The molecule has 1 aliphatic heterocycles. The molecule has 19 heavy (non-hydrogen) atoms. The first-order valence-electron chi connectivity index (χ1n) is 6.09. The Balaban J connectivity index is 1.79. The van der Waals surface area contributed by atoms with Crippen LogP contribution in [0.3, 0.4) is 0 Å². The molecule has 6 heteroatoms. The molecule has 0 unspecified atom stereocenters. The first-order chi connectivity index (χ1) is 9.35. The number of nitrogens with zero attached hydrogens (tertiary/aromatic N) is 2. The Morgan fingerprint density at radius 1 is 1.21 bits per heavy atom. The molecule has 0 saturated carbocycles. The van der Waals surface area contributed by atoms with E-state index in [1.54, 1.807) is 6.20 Å². The van der Waals surface area contributed by atoms with E-state index in [1.165, 1.54) is 0 Å². The van der Waals surface area contributed by atoms with Gasteiger partial charge in [-0.05, 0) is 25.1 Å². The van der Waals surface area contributed by atoms with Gasteiger partial charge in [-0.25, -0.2) is 4.98 Å². The molecular formula is C13H14N4O2. The zero-order chi connectivity index (χ0) is 13.1. The van der Waals surface area contributed by atoms with Gasteiger partial charge in [-0.3, -0.25) is 0 Å². The van der Waals surface area contributed by atoms with Crippen LogP contribution in [0.1, 0.15) is 6.92 Å². The minimum absolute atomic E-state index is 0.275. The number of hydrogen-bond acceptors (Lipinski definition) is 6. The maximum absolute atomic E-state index is 5.33. The summed E-state index contributed by atoms with van der Waals surface area (Å²) in [5.74, 6) is 2.84. The molecule has 0 bridgehead atoms. The van der Waals surface area contributed by atoms with Gasteiger partial charge in [0.1, 0.15) is 5.82 Å². The van der Waals surface area contributed by atoms with Crippen LogP contribution in [0.25, 0.3) is 0 Å². The number of ether oxygens (including phenoxy) is 2. The Labute approximate surface area is 110 Å². The lowest BCUT2D eigenvalue weighted by molar-refractivity contribution is 0.174. The third-order valence-corrected chi connectivity index (χ3v) is 2.64. The predicted molar refractivity (Wildman–Crippen MR) is 72.0 cm³/mol. The topological polar surface area (TPSA) is 68.3 Å². The molecule has 1 aromatic carbocycles. The lowest BCUT2D eigenvalue weighted by Crippen LogP contribution is -2.03. The van der Waals surface area contributed by atoms with Gasteiger partial charge in [-0.1, -0.05) is 0 Å². The van der Waals surface area contributed by atoms with Crippen LogP contribution in [0.2, 0.25) is 0 Å². The average molecular weight is 258 g/mol. The molecule has 0 saturated heterocycles. The quantitative estimate of drug-likeness (QED) is 0.877. The maximum Gasteiger partial charge on any atom is 0.231 e. The Bertz CT molecular complexity index is 589. The zero-order valence-corrected chi connectivity index (χ0v) is 10.5. The number of rotatable bonds is 4. The van der Waals surface area contributed by atoms with Crippen molar-refractivity contribution in [2.24, 2.45) is 0 Å². The van der Waals surface area contributed by atoms with Crippen LogP contribution < -0.4 is 20.1 Å². The minimum atomic E-state index is 0.275. The summed E-state index contributed by atoms with van der Waals surface area (Å²) in [5, 5.41) is 6.27. The molecule has 1 aromatic heterocycles. The van der Waals surface area contributed by atoms with Gasteiger partial charge < -0.3 is 20.1 Å². The number of benzene rings is 1. The highest BCUT2D eigenvalue weighted by Gasteiger charge is 2.13. The fourth-order valence-electron chi connectivity index (χ4n) is 1.79. The summed E-state index contributed by atoms with van der Waals surface area (Å²) in [5.41, 5.74) is 0.894. The normalized spacial score (nSPS) is 12.3. The molecule has 2 heterocycles. The zero-order valence-electron chi connectivity index (χ0n) is 10.5. The summed E-state index contributed by atoms with van der Waals surface area (Å²) in [6.07, 6.45) is 1.71. The van der Waals surface area contributed by atoms with Crippen LogP contribution >= 0.6 is 0 Å². The van der Waals surface area contributed by atoms with Crippen LogP contribution in [-0.2, 0) is 0 Å². The van der Waals surface area contributed by atoms with Crippen molar-refractivity contribution >= 4 is 17.5 Å². The van der Waals surface area contributed by atoms with E-state index in [1.807, 2.05) is 31.2 Å². The van der Waals surface area contributed by atoms with Crippen molar-refractivity contribution in [3.63, 3.8) is 0 Å². The van der Waals surface area contributed by atoms with E-state index in [0.717, 1.165) is 29.5 Å². The van der Waals surface area contributed by atoms with E-state index in [9.17, 15) is 0 Å².